The lowest BCUT2D eigenvalue weighted by Crippen LogP contribution is -2.32. The van der Waals surface area contributed by atoms with Gasteiger partial charge >= 0.3 is 5.97 Å². The van der Waals surface area contributed by atoms with Crippen molar-refractivity contribution < 1.29 is 19.0 Å². The van der Waals surface area contributed by atoms with Crippen LogP contribution in [0.3, 0.4) is 0 Å². The number of carbonyl (C=O) groups is 1. The number of carbonyl (C=O) groups excluding carboxylic acids is 1. The second kappa shape index (κ2) is 10.8. The molecule has 0 aliphatic heterocycles. The van der Waals surface area contributed by atoms with Crippen LogP contribution in [0.2, 0.25) is 25.7 Å². The summed E-state index contributed by atoms with van der Waals surface area (Å²) in [5, 5.41) is 0. The van der Waals surface area contributed by atoms with Crippen molar-refractivity contribution >= 4 is 14.0 Å². The molecule has 0 amide bonds. The Balaban J connectivity index is 1.55. The molecule has 0 bridgehead atoms. The summed E-state index contributed by atoms with van der Waals surface area (Å²) in [5.74, 6) is 0.112. The minimum atomic E-state index is -0.907. The van der Waals surface area contributed by atoms with Gasteiger partial charge in [0.05, 0.1) is 18.1 Å². The molecule has 0 radical (unpaired) electrons. The van der Waals surface area contributed by atoms with Crippen LogP contribution in [0.5, 0.6) is 0 Å². The highest BCUT2D eigenvalue weighted by molar-refractivity contribution is 6.76. The largest absolute Gasteiger partial charge is 0.462 e. The van der Waals surface area contributed by atoms with Gasteiger partial charge in [-0.3, -0.25) is 4.79 Å². The van der Waals surface area contributed by atoms with Crippen LogP contribution in [0.25, 0.3) is 0 Å². The van der Waals surface area contributed by atoms with Crippen molar-refractivity contribution in [2.24, 2.45) is 5.92 Å². The van der Waals surface area contributed by atoms with Crippen molar-refractivity contribution in [2.75, 3.05) is 13.7 Å². The summed E-state index contributed by atoms with van der Waals surface area (Å²) in [5.41, 5.74) is 0. The second-order valence-corrected chi connectivity index (χ2v) is 15.1. The van der Waals surface area contributed by atoms with Gasteiger partial charge in [-0.1, -0.05) is 32.1 Å². The molecule has 26 heavy (non-hydrogen) atoms. The van der Waals surface area contributed by atoms with E-state index in [9.17, 15) is 4.79 Å². The van der Waals surface area contributed by atoms with E-state index in [1.165, 1.54) is 18.9 Å². The summed E-state index contributed by atoms with van der Waals surface area (Å²) in [4.78, 5) is 12.4. The van der Waals surface area contributed by atoms with Gasteiger partial charge < -0.3 is 14.2 Å². The fraction of sp³-hybridized carbons (Fsp3) is 0.952. The first-order valence-corrected chi connectivity index (χ1v) is 14.4. The summed E-state index contributed by atoms with van der Waals surface area (Å²) in [7, 11) is 0.860. The van der Waals surface area contributed by atoms with Crippen LogP contribution < -0.4 is 0 Å². The maximum atomic E-state index is 12.4. The molecule has 0 atom stereocenters. The van der Waals surface area contributed by atoms with E-state index in [1.54, 1.807) is 7.11 Å². The standard InChI is InChI=1S/C21H40O4Si/c1-23-18-11-13-20(14-12-18)25-21(22)17-7-9-19(10-8-17)24-15-5-6-16-26(2,3)4/h17-20H,5-16H2,1-4H3. The van der Waals surface area contributed by atoms with E-state index in [1.807, 2.05) is 0 Å². The molecule has 2 fully saturated rings. The van der Waals surface area contributed by atoms with Gasteiger partial charge in [-0.05, 0) is 57.8 Å². The van der Waals surface area contributed by atoms with Gasteiger partial charge in [-0.15, -0.1) is 0 Å². The minimum Gasteiger partial charge on any atom is -0.462 e. The molecule has 4 nitrogen and oxygen atoms in total. The highest BCUT2D eigenvalue weighted by atomic mass is 28.3. The van der Waals surface area contributed by atoms with Crippen molar-refractivity contribution in [3.63, 3.8) is 0 Å². The average Bonchev–Trinajstić information content (AvgIpc) is 2.61. The maximum Gasteiger partial charge on any atom is 0.309 e. The maximum absolute atomic E-state index is 12.4. The molecule has 0 heterocycles. The Morgan fingerprint density at radius 3 is 2.00 bits per heavy atom. The van der Waals surface area contributed by atoms with E-state index < -0.39 is 8.07 Å². The molecular formula is C21H40O4Si. The first kappa shape index (κ1) is 21.9. The average molecular weight is 385 g/mol. The van der Waals surface area contributed by atoms with E-state index in [-0.39, 0.29) is 18.0 Å². The molecule has 0 aromatic carbocycles. The summed E-state index contributed by atoms with van der Waals surface area (Å²) in [6, 6.07) is 1.39. The van der Waals surface area contributed by atoms with E-state index in [2.05, 4.69) is 19.6 Å². The van der Waals surface area contributed by atoms with Crippen molar-refractivity contribution in [1.82, 2.24) is 0 Å². The van der Waals surface area contributed by atoms with Crippen LogP contribution >= 0.6 is 0 Å². The molecule has 2 aliphatic carbocycles. The quantitative estimate of drug-likeness (QED) is 0.312. The topological polar surface area (TPSA) is 44.8 Å². The summed E-state index contributed by atoms with van der Waals surface area (Å²) in [6.07, 6.45) is 11.0. The van der Waals surface area contributed by atoms with Gasteiger partial charge in [-0.25, -0.2) is 0 Å². The predicted molar refractivity (Wildman–Crippen MR) is 108 cm³/mol. The van der Waals surface area contributed by atoms with E-state index >= 15 is 0 Å². The third-order valence-electron chi connectivity index (χ3n) is 5.92. The molecular weight excluding hydrogens is 344 g/mol. The molecule has 0 aromatic heterocycles. The van der Waals surface area contributed by atoms with Crippen LogP contribution in [0.4, 0.5) is 0 Å². The monoisotopic (exact) mass is 384 g/mol. The zero-order chi connectivity index (χ0) is 19.0. The summed E-state index contributed by atoms with van der Waals surface area (Å²) >= 11 is 0. The van der Waals surface area contributed by atoms with Crippen LogP contribution in [-0.2, 0) is 19.0 Å². The van der Waals surface area contributed by atoms with Gasteiger partial charge in [0, 0.05) is 21.8 Å². The Labute approximate surface area is 161 Å². The van der Waals surface area contributed by atoms with Crippen molar-refractivity contribution in [3.8, 4) is 0 Å². The van der Waals surface area contributed by atoms with Gasteiger partial charge in [0.2, 0.25) is 0 Å². The normalized spacial score (nSPS) is 30.2. The highest BCUT2D eigenvalue weighted by Gasteiger charge is 2.31. The van der Waals surface area contributed by atoms with Gasteiger partial charge in [0.1, 0.15) is 6.10 Å². The van der Waals surface area contributed by atoms with Gasteiger partial charge in [0.25, 0.3) is 0 Å². The number of esters is 1. The van der Waals surface area contributed by atoms with E-state index in [4.69, 9.17) is 14.2 Å². The molecule has 2 aliphatic rings. The molecule has 0 aromatic rings. The third kappa shape index (κ3) is 8.09. The van der Waals surface area contributed by atoms with Crippen molar-refractivity contribution in [3.05, 3.63) is 0 Å². The number of methoxy groups -OCH3 is 1. The van der Waals surface area contributed by atoms with Crippen LogP contribution in [-0.4, -0.2) is 46.1 Å². The first-order chi connectivity index (χ1) is 12.4. The van der Waals surface area contributed by atoms with Gasteiger partial charge in [-0.2, -0.15) is 0 Å². The number of ether oxygens (including phenoxy) is 3. The Morgan fingerprint density at radius 2 is 1.42 bits per heavy atom. The minimum absolute atomic E-state index is 0.0273. The fourth-order valence-electron chi connectivity index (χ4n) is 4.12. The van der Waals surface area contributed by atoms with Crippen molar-refractivity contribution in [2.45, 2.75) is 108 Å². The van der Waals surface area contributed by atoms with E-state index in [0.717, 1.165) is 58.0 Å². The molecule has 0 saturated heterocycles. The van der Waals surface area contributed by atoms with Crippen molar-refractivity contribution in [1.29, 1.82) is 0 Å². The lowest BCUT2D eigenvalue weighted by molar-refractivity contribution is -0.159. The lowest BCUT2D eigenvalue weighted by atomic mass is 9.87. The van der Waals surface area contributed by atoms with Crippen LogP contribution in [0.15, 0.2) is 0 Å². The fourth-order valence-corrected chi connectivity index (χ4v) is 5.43. The Kier molecular flexibility index (Phi) is 9.11. The van der Waals surface area contributed by atoms with Crippen LogP contribution in [0.1, 0.15) is 64.2 Å². The zero-order valence-electron chi connectivity index (χ0n) is 17.4. The molecule has 152 valence electrons. The highest BCUT2D eigenvalue weighted by Crippen LogP contribution is 2.30. The summed E-state index contributed by atoms with van der Waals surface area (Å²) in [6.45, 7) is 8.17. The third-order valence-corrected chi connectivity index (χ3v) is 7.77. The number of rotatable bonds is 9. The Morgan fingerprint density at radius 1 is 0.846 bits per heavy atom. The second-order valence-electron chi connectivity index (χ2n) is 9.43. The van der Waals surface area contributed by atoms with E-state index in [0.29, 0.717) is 12.2 Å². The predicted octanol–water partition coefficient (Wildman–Crippen LogP) is 5.18. The molecule has 0 unspecified atom stereocenters. The molecule has 2 rings (SSSR count). The molecule has 2 saturated carbocycles. The molecule has 0 N–H and O–H groups in total. The molecule has 0 spiro atoms. The number of unbranched alkanes of at least 4 members (excludes halogenated alkanes) is 1. The van der Waals surface area contributed by atoms with Crippen LogP contribution in [0, 0.1) is 5.92 Å². The Bertz CT molecular complexity index is 405. The number of hydrogen-bond donors (Lipinski definition) is 0. The SMILES string of the molecule is COC1CCC(OC(=O)C2CCC(OCCCC[Si](C)(C)C)CC2)CC1. The lowest BCUT2D eigenvalue weighted by Gasteiger charge is -2.31. The molecule has 5 heteroatoms. The number of hydrogen-bond acceptors (Lipinski definition) is 4. The first-order valence-electron chi connectivity index (χ1n) is 10.7. The smallest absolute Gasteiger partial charge is 0.309 e. The Hall–Kier alpha value is -0.393. The van der Waals surface area contributed by atoms with Gasteiger partial charge in [0.15, 0.2) is 0 Å². The zero-order valence-corrected chi connectivity index (χ0v) is 18.4. The summed E-state index contributed by atoms with van der Waals surface area (Å²) < 4.78 is 17.2.